The zero-order valence-corrected chi connectivity index (χ0v) is 11.1. The molecule has 0 aromatic heterocycles. The summed E-state index contributed by atoms with van der Waals surface area (Å²) in [5, 5.41) is 0. The third kappa shape index (κ3) is 2.20. The first-order valence-corrected chi connectivity index (χ1v) is 6.18. The molecular weight excluding hydrogens is 230 g/mol. The average Bonchev–Trinajstić information content (AvgIpc) is 2.42. The number of ether oxygens (including phenoxy) is 2. The molecule has 4 heteroatoms. The highest BCUT2D eigenvalue weighted by Crippen LogP contribution is 2.32. The zero-order valence-electron chi connectivity index (χ0n) is 11.1. The largest absolute Gasteiger partial charge is 0.497 e. The summed E-state index contributed by atoms with van der Waals surface area (Å²) >= 11 is 0. The average molecular weight is 249 g/mol. The highest BCUT2D eigenvalue weighted by Gasteiger charge is 2.40. The Balaban J connectivity index is 2.11. The van der Waals surface area contributed by atoms with Crippen molar-refractivity contribution in [1.29, 1.82) is 0 Å². The molecule has 4 nitrogen and oxygen atoms in total. The van der Waals surface area contributed by atoms with Crippen molar-refractivity contribution in [1.82, 2.24) is 4.90 Å². The summed E-state index contributed by atoms with van der Waals surface area (Å²) in [7, 11) is 3.26. The molecule has 1 amide bonds. The van der Waals surface area contributed by atoms with Crippen LogP contribution in [0.1, 0.15) is 25.1 Å². The quantitative estimate of drug-likeness (QED) is 0.751. The number of hydrogen-bond donors (Lipinski definition) is 0. The Morgan fingerprint density at radius 1 is 1.33 bits per heavy atom. The van der Waals surface area contributed by atoms with Crippen LogP contribution in [0.4, 0.5) is 0 Å². The fourth-order valence-electron chi connectivity index (χ4n) is 2.25. The number of benzene rings is 1. The van der Waals surface area contributed by atoms with E-state index < -0.39 is 0 Å². The Labute approximate surface area is 107 Å². The molecule has 1 aromatic rings. The van der Waals surface area contributed by atoms with Gasteiger partial charge in [0, 0.05) is 19.2 Å². The number of hydrogen-bond acceptors (Lipinski definition) is 3. The molecule has 0 saturated carbocycles. The number of rotatable bonds is 5. The van der Waals surface area contributed by atoms with Crippen molar-refractivity contribution in [2.75, 3.05) is 20.8 Å². The van der Waals surface area contributed by atoms with Crippen LogP contribution in [0, 0.1) is 5.92 Å². The predicted molar refractivity (Wildman–Crippen MR) is 68.2 cm³/mol. The third-order valence-corrected chi connectivity index (χ3v) is 3.45. The summed E-state index contributed by atoms with van der Waals surface area (Å²) in [6.07, 6.45) is 0.611. The van der Waals surface area contributed by atoms with E-state index in [1.165, 1.54) is 0 Å². The van der Waals surface area contributed by atoms with Gasteiger partial charge in [0.05, 0.1) is 13.0 Å². The van der Waals surface area contributed by atoms with Gasteiger partial charge in [-0.05, 0) is 18.6 Å². The molecule has 1 fully saturated rings. The Kier molecular flexibility index (Phi) is 3.87. The topological polar surface area (TPSA) is 38.8 Å². The summed E-state index contributed by atoms with van der Waals surface area (Å²) in [5.41, 5.74) is 0.973. The lowest BCUT2D eigenvalue weighted by Gasteiger charge is -2.42. The standard InChI is InChI=1S/C14H19NO3/c1-4-10-9-15(13(10)16)14(18-3)11-5-7-12(17-2)8-6-11/h5-8,10,14H,4,9H2,1-3H3. The smallest absolute Gasteiger partial charge is 0.229 e. The normalized spacial score (nSPS) is 20.5. The van der Waals surface area contributed by atoms with E-state index in [4.69, 9.17) is 9.47 Å². The van der Waals surface area contributed by atoms with E-state index >= 15 is 0 Å². The molecule has 0 N–H and O–H groups in total. The number of carbonyl (C=O) groups excluding carboxylic acids is 1. The number of methoxy groups -OCH3 is 2. The fourth-order valence-corrected chi connectivity index (χ4v) is 2.25. The first-order valence-electron chi connectivity index (χ1n) is 6.18. The maximum Gasteiger partial charge on any atom is 0.229 e. The van der Waals surface area contributed by atoms with Crippen LogP contribution in [0.3, 0.4) is 0 Å². The Bertz CT molecular complexity index is 416. The van der Waals surface area contributed by atoms with E-state index in [1.54, 1.807) is 19.1 Å². The summed E-state index contributed by atoms with van der Waals surface area (Å²) < 4.78 is 10.6. The van der Waals surface area contributed by atoms with Crippen LogP contribution in [-0.4, -0.2) is 31.6 Å². The van der Waals surface area contributed by atoms with Crippen molar-refractivity contribution in [3.63, 3.8) is 0 Å². The maximum atomic E-state index is 11.9. The molecular formula is C14H19NO3. The lowest BCUT2D eigenvalue weighted by atomic mass is 9.94. The monoisotopic (exact) mass is 249 g/mol. The molecule has 1 saturated heterocycles. The van der Waals surface area contributed by atoms with Gasteiger partial charge >= 0.3 is 0 Å². The van der Waals surface area contributed by atoms with Gasteiger partial charge in [0.1, 0.15) is 5.75 Å². The lowest BCUT2D eigenvalue weighted by Crippen LogP contribution is -2.53. The molecule has 0 bridgehead atoms. The van der Waals surface area contributed by atoms with Crippen molar-refractivity contribution in [3.8, 4) is 5.75 Å². The highest BCUT2D eigenvalue weighted by atomic mass is 16.5. The molecule has 1 heterocycles. The SMILES string of the molecule is CCC1CN(C(OC)c2ccc(OC)cc2)C1=O. The first-order chi connectivity index (χ1) is 8.71. The van der Waals surface area contributed by atoms with E-state index in [-0.39, 0.29) is 18.1 Å². The van der Waals surface area contributed by atoms with Crippen LogP contribution in [-0.2, 0) is 9.53 Å². The molecule has 1 aliphatic rings. The summed E-state index contributed by atoms with van der Waals surface area (Å²) in [6, 6.07) is 7.62. The van der Waals surface area contributed by atoms with Crippen LogP contribution in [0.25, 0.3) is 0 Å². The second kappa shape index (κ2) is 5.40. The lowest BCUT2D eigenvalue weighted by molar-refractivity contribution is -0.167. The number of likely N-dealkylation sites (tertiary alicyclic amines) is 1. The van der Waals surface area contributed by atoms with Gasteiger partial charge in [-0.3, -0.25) is 4.79 Å². The molecule has 1 aromatic carbocycles. The summed E-state index contributed by atoms with van der Waals surface area (Å²) in [4.78, 5) is 13.7. The van der Waals surface area contributed by atoms with Gasteiger partial charge in [-0.25, -0.2) is 0 Å². The van der Waals surface area contributed by atoms with Crippen molar-refractivity contribution < 1.29 is 14.3 Å². The molecule has 2 unspecified atom stereocenters. The van der Waals surface area contributed by atoms with Gasteiger partial charge in [-0.2, -0.15) is 0 Å². The minimum atomic E-state index is -0.286. The number of amides is 1. The van der Waals surface area contributed by atoms with Crippen LogP contribution in [0.15, 0.2) is 24.3 Å². The van der Waals surface area contributed by atoms with Crippen LogP contribution in [0.5, 0.6) is 5.75 Å². The first kappa shape index (κ1) is 12.9. The number of β-lactam (4-membered cyclic amide) rings is 1. The fraction of sp³-hybridized carbons (Fsp3) is 0.500. The van der Waals surface area contributed by atoms with Gasteiger partial charge in [-0.1, -0.05) is 19.1 Å². The minimum Gasteiger partial charge on any atom is -0.497 e. The molecule has 18 heavy (non-hydrogen) atoms. The Morgan fingerprint density at radius 2 is 2.00 bits per heavy atom. The van der Waals surface area contributed by atoms with Crippen LogP contribution >= 0.6 is 0 Å². The van der Waals surface area contributed by atoms with Gasteiger partial charge in [0.25, 0.3) is 0 Å². The second-order valence-corrected chi connectivity index (χ2v) is 4.46. The minimum absolute atomic E-state index is 0.167. The highest BCUT2D eigenvalue weighted by molar-refractivity contribution is 5.84. The van der Waals surface area contributed by atoms with E-state index in [0.717, 1.165) is 24.3 Å². The molecule has 2 atom stereocenters. The molecule has 2 rings (SSSR count). The second-order valence-electron chi connectivity index (χ2n) is 4.46. The van der Waals surface area contributed by atoms with Crippen molar-refractivity contribution in [2.45, 2.75) is 19.6 Å². The van der Waals surface area contributed by atoms with E-state index in [1.807, 2.05) is 31.2 Å². The summed E-state index contributed by atoms with van der Waals surface area (Å²) in [6.45, 7) is 2.81. The van der Waals surface area contributed by atoms with Gasteiger partial charge in [-0.15, -0.1) is 0 Å². The van der Waals surface area contributed by atoms with Crippen molar-refractivity contribution in [2.24, 2.45) is 5.92 Å². The van der Waals surface area contributed by atoms with Gasteiger partial charge < -0.3 is 14.4 Å². The molecule has 0 spiro atoms. The van der Waals surface area contributed by atoms with Crippen molar-refractivity contribution in [3.05, 3.63) is 29.8 Å². The number of nitrogens with zero attached hydrogens (tertiary/aromatic N) is 1. The van der Waals surface area contributed by atoms with E-state index in [9.17, 15) is 4.79 Å². The molecule has 98 valence electrons. The Morgan fingerprint density at radius 3 is 2.44 bits per heavy atom. The molecule has 0 radical (unpaired) electrons. The molecule has 1 aliphatic heterocycles. The van der Waals surface area contributed by atoms with E-state index in [0.29, 0.717) is 0 Å². The van der Waals surface area contributed by atoms with Gasteiger partial charge in [0.2, 0.25) is 5.91 Å². The summed E-state index contributed by atoms with van der Waals surface area (Å²) in [5.74, 6) is 1.15. The number of carbonyl (C=O) groups is 1. The molecule has 0 aliphatic carbocycles. The third-order valence-electron chi connectivity index (χ3n) is 3.45. The zero-order chi connectivity index (χ0) is 13.1. The van der Waals surface area contributed by atoms with Crippen LogP contribution in [0.2, 0.25) is 0 Å². The van der Waals surface area contributed by atoms with E-state index in [2.05, 4.69) is 0 Å². The predicted octanol–water partition coefficient (Wildman–Crippen LogP) is 2.21. The van der Waals surface area contributed by atoms with Crippen molar-refractivity contribution >= 4 is 5.91 Å². The van der Waals surface area contributed by atoms with Gasteiger partial charge in [0.15, 0.2) is 6.23 Å². The Hall–Kier alpha value is -1.55. The maximum absolute atomic E-state index is 11.9. The van der Waals surface area contributed by atoms with Crippen LogP contribution < -0.4 is 4.74 Å².